The molecule has 0 unspecified atom stereocenters. The molecule has 9 heteroatoms. The lowest BCUT2D eigenvalue weighted by Crippen LogP contribution is -2.33. The number of cyclic esters (lactones) is 1. The smallest absolute Gasteiger partial charge is 0.414 e. The first-order chi connectivity index (χ1) is 10.6. The summed E-state index contributed by atoms with van der Waals surface area (Å²) in [5.41, 5.74) is -1.03. The number of hydrogen-bond acceptors (Lipinski definition) is 6. The Bertz CT molecular complexity index is 890. The highest BCUT2D eigenvalue weighted by Crippen LogP contribution is 2.19. The normalized spacial score (nSPS) is 13.8. The van der Waals surface area contributed by atoms with Gasteiger partial charge in [0.2, 0.25) is 5.69 Å². The Labute approximate surface area is 123 Å². The molecule has 110 valence electrons. The van der Waals surface area contributed by atoms with E-state index >= 15 is 0 Å². The molecule has 0 spiro atoms. The number of aromatic amines is 1. The van der Waals surface area contributed by atoms with Gasteiger partial charge in [0.15, 0.2) is 0 Å². The third-order valence-corrected chi connectivity index (χ3v) is 3.10. The van der Waals surface area contributed by atoms with Crippen molar-refractivity contribution in [2.45, 2.75) is 0 Å². The minimum absolute atomic E-state index is 0.326. The van der Waals surface area contributed by atoms with E-state index in [1.807, 2.05) is 4.98 Å². The van der Waals surface area contributed by atoms with E-state index in [1.165, 1.54) is 4.90 Å². The lowest BCUT2D eigenvalue weighted by molar-refractivity contribution is 0.181. The standard InChI is InChI=1S/C13H9N5O4/c14-7-10-11(19)15-12(20)18(16-10)9-3-1-8(2-4-9)17-5-6-22-13(17)21/h1-4H,5-6H2,(H,15,19,20). The van der Waals surface area contributed by atoms with E-state index in [4.69, 9.17) is 10.00 Å². The minimum Gasteiger partial charge on any atom is -0.447 e. The molecule has 9 nitrogen and oxygen atoms in total. The van der Waals surface area contributed by atoms with Gasteiger partial charge in [0.25, 0.3) is 5.56 Å². The second kappa shape index (κ2) is 5.17. The van der Waals surface area contributed by atoms with Crippen LogP contribution in [0.5, 0.6) is 0 Å². The van der Waals surface area contributed by atoms with Gasteiger partial charge < -0.3 is 4.74 Å². The van der Waals surface area contributed by atoms with Gasteiger partial charge in [-0.1, -0.05) is 0 Å². The summed E-state index contributed by atoms with van der Waals surface area (Å²) in [4.78, 5) is 38.0. The summed E-state index contributed by atoms with van der Waals surface area (Å²) in [6, 6.07) is 7.95. The van der Waals surface area contributed by atoms with Crippen LogP contribution in [0.25, 0.3) is 5.69 Å². The van der Waals surface area contributed by atoms with E-state index < -0.39 is 23.0 Å². The fourth-order valence-corrected chi connectivity index (χ4v) is 2.05. The quantitative estimate of drug-likeness (QED) is 0.816. The second-order valence-electron chi connectivity index (χ2n) is 4.41. The fraction of sp³-hybridized carbons (Fsp3) is 0.154. The van der Waals surface area contributed by atoms with E-state index in [1.54, 1.807) is 30.3 Å². The Kier molecular flexibility index (Phi) is 3.19. The van der Waals surface area contributed by atoms with Gasteiger partial charge in [-0.2, -0.15) is 9.94 Å². The Morgan fingerprint density at radius 2 is 1.86 bits per heavy atom. The number of amides is 1. The van der Waals surface area contributed by atoms with Crippen LogP contribution in [0.3, 0.4) is 0 Å². The zero-order chi connectivity index (χ0) is 15.7. The number of nitrogens with zero attached hydrogens (tertiary/aromatic N) is 4. The number of nitrogens with one attached hydrogen (secondary N) is 1. The monoisotopic (exact) mass is 299 g/mol. The van der Waals surface area contributed by atoms with E-state index in [9.17, 15) is 14.4 Å². The summed E-state index contributed by atoms with van der Waals surface area (Å²) in [7, 11) is 0. The topological polar surface area (TPSA) is 121 Å². The summed E-state index contributed by atoms with van der Waals surface area (Å²) in [5.74, 6) is 0. The molecule has 0 aliphatic carbocycles. The Morgan fingerprint density at radius 3 is 2.45 bits per heavy atom. The van der Waals surface area contributed by atoms with Gasteiger partial charge in [0, 0.05) is 5.69 Å². The van der Waals surface area contributed by atoms with Gasteiger partial charge >= 0.3 is 11.8 Å². The molecule has 0 bridgehead atoms. The number of benzene rings is 1. The van der Waals surface area contributed by atoms with E-state index in [-0.39, 0.29) is 0 Å². The highest BCUT2D eigenvalue weighted by molar-refractivity contribution is 5.89. The molecular formula is C13H9N5O4. The molecule has 0 saturated carbocycles. The average molecular weight is 299 g/mol. The van der Waals surface area contributed by atoms with Gasteiger partial charge in [-0.25, -0.2) is 9.59 Å². The second-order valence-corrected chi connectivity index (χ2v) is 4.41. The zero-order valence-corrected chi connectivity index (χ0v) is 11.1. The molecule has 0 radical (unpaired) electrons. The van der Waals surface area contributed by atoms with Crippen molar-refractivity contribution in [2.75, 3.05) is 18.1 Å². The zero-order valence-electron chi connectivity index (χ0n) is 11.1. The third-order valence-electron chi connectivity index (χ3n) is 3.10. The van der Waals surface area contributed by atoms with Crippen molar-refractivity contribution >= 4 is 11.8 Å². The molecule has 22 heavy (non-hydrogen) atoms. The van der Waals surface area contributed by atoms with Crippen molar-refractivity contribution in [3.8, 4) is 11.8 Å². The maximum absolute atomic E-state index is 11.8. The van der Waals surface area contributed by atoms with Crippen LogP contribution in [0, 0.1) is 11.3 Å². The van der Waals surface area contributed by atoms with E-state index in [0.29, 0.717) is 24.5 Å². The fourth-order valence-electron chi connectivity index (χ4n) is 2.05. The summed E-state index contributed by atoms with van der Waals surface area (Å²) in [6.07, 6.45) is -0.432. The van der Waals surface area contributed by atoms with Crippen molar-refractivity contribution in [3.05, 3.63) is 50.8 Å². The third kappa shape index (κ3) is 2.22. The lowest BCUT2D eigenvalue weighted by Gasteiger charge is -2.13. The van der Waals surface area contributed by atoms with Gasteiger partial charge in [0.05, 0.1) is 12.2 Å². The molecule has 3 rings (SSSR count). The molecule has 1 amide bonds. The van der Waals surface area contributed by atoms with Crippen molar-refractivity contribution in [2.24, 2.45) is 0 Å². The number of carbonyl (C=O) groups is 1. The maximum atomic E-state index is 11.8. The number of hydrogen-bond donors (Lipinski definition) is 1. The summed E-state index contributed by atoms with van der Waals surface area (Å²) in [6.45, 7) is 0.778. The van der Waals surface area contributed by atoms with Crippen LogP contribution < -0.4 is 16.1 Å². The van der Waals surface area contributed by atoms with Crippen molar-refractivity contribution in [3.63, 3.8) is 0 Å². The number of H-pyrrole nitrogens is 1. The van der Waals surface area contributed by atoms with Crippen LogP contribution >= 0.6 is 0 Å². The Balaban J connectivity index is 2.00. The number of nitriles is 1. The average Bonchev–Trinajstić information content (AvgIpc) is 2.94. The van der Waals surface area contributed by atoms with Crippen LogP contribution in [0.1, 0.15) is 5.69 Å². The molecule has 1 N–H and O–H groups in total. The van der Waals surface area contributed by atoms with Crippen molar-refractivity contribution in [1.82, 2.24) is 14.8 Å². The van der Waals surface area contributed by atoms with Crippen LogP contribution in [-0.4, -0.2) is 34.0 Å². The van der Waals surface area contributed by atoms with Crippen molar-refractivity contribution < 1.29 is 9.53 Å². The molecule has 1 aliphatic heterocycles. The first-order valence-corrected chi connectivity index (χ1v) is 6.28. The van der Waals surface area contributed by atoms with Gasteiger partial charge in [0.1, 0.15) is 12.7 Å². The van der Waals surface area contributed by atoms with E-state index in [0.717, 1.165) is 4.68 Å². The summed E-state index contributed by atoms with van der Waals surface area (Å²) in [5, 5.41) is 12.5. The predicted molar refractivity (Wildman–Crippen MR) is 73.9 cm³/mol. The number of carbonyl (C=O) groups excluding carboxylic acids is 1. The molecule has 2 heterocycles. The highest BCUT2D eigenvalue weighted by atomic mass is 16.6. The summed E-state index contributed by atoms with van der Waals surface area (Å²) < 4.78 is 5.75. The molecule has 1 aliphatic rings. The number of ether oxygens (including phenoxy) is 1. The minimum atomic E-state index is -0.833. The largest absolute Gasteiger partial charge is 0.447 e. The van der Waals surface area contributed by atoms with Gasteiger partial charge in [-0.3, -0.25) is 14.7 Å². The predicted octanol–water partition coefficient (Wildman–Crippen LogP) is -0.251. The molecule has 1 aromatic carbocycles. The molecule has 1 saturated heterocycles. The number of rotatable bonds is 2. The molecule has 0 atom stereocenters. The SMILES string of the molecule is N#Cc1nn(-c2ccc(N3CCOC3=O)cc2)c(=O)[nH]c1=O. The summed E-state index contributed by atoms with van der Waals surface area (Å²) >= 11 is 0. The Hall–Kier alpha value is -3.41. The highest BCUT2D eigenvalue weighted by Gasteiger charge is 2.23. The number of anilines is 1. The van der Waals surface area contributed by atoms with Crippen LogP contribution in [0.15, 0.2) is 33.9 Å². The van der Waals surface area contributed by atoms with Gasteiger partial charge in [-0.05, 0) is 24.3 Å². The lowest BCUT2D eigenvalue weighted by atomic mass is 10.2. The molecule has 2 aromatic rings. The van der Waals surface area contributed by atoms with Crippen molar-refractivity contribution in [1.29, 1.82) is 5.26 Å². The first kappa shape index (κ1) is 13.6. The Morgan fingerprint density at radius 1 is 1.18 bits per heavy atom. The first-order valence-electron chi connectivity index (χ1n) is 6.28. The van der Waals surface area contributed by atoms with E-state index in [2.05, 4.69) is 5.10 Å². The van der Waals surface area contributed by atoms with Crippen LogP contribution in [-0.2, 0) is 4.74 Å². The number of aromatic nitrogens is 3. The van der Waals surface area contributed by atoms with Crippen LogP contribution in [0.2, 0.25) is 0 Å². The van der Waals surface area contributed by atoms with Gasteiger partial charge in [-0.15, -0.1) is 5.10 Å². The molecule has 1 fully saturated rings. The molecular weight excluding hydrogens is 290 g/mol. The van der Waals surface area contributed by atoms with Crippen LogP contribution in [0.4, 0.5) is 10.5 Å². The molecule has 1 aromatic heterocycles. The maximum Gasteiger partial charge on any atom is 0.414 e.